The Kier molecular flexibility index (Phi) is 4.83. The fourth-order valence-electron chi connectivity index (χ4n) is 2.73. The van der Waals surface area contributed by atoms with Gasteiger partial charge in [-0.05, 0) is 32.6 Å². The van der Waals surface area contributed by atoms with Crippen molar-refractivity contribution in [3.63, 3.8) is 0 Å². The van der Waals surface area contributed by atoms with Crippen LogP contribution in [-0.4, -0.2) is 55.9 Å². The van der Waals surface area contributed by atoms with E-state index in [9.17, 15) is 4.79 Å². The highest BCUT2D eigenvalue weighted by Gasteiger charge is 2.39. The van der Waals surface area contributed by atoms with Gasteiger partial charge in [0.25, 0.3) is 0 Å². The molecule has 2 aliphatic rings. The van der Waals surface area contributed by atoms with Crippen LogP contribution in [0.5, 0.6) is 0 Å². The number of methoxy groups -OCH3 is 1. The van der Waals surface area contributed by atoms with E-state index in [1.807, 2.05) is 0 Å². The molecule has 2 atom stereocenters. The maximum atomic E-state index is 11.7. The standard InChI is InChI=1S/C13H25N3O2/c1-10-8-11(9-16(10)12-4-5-12)15-13(17)14-6-3-7-18-2/h10-12H,3-9H2,1-2H3,(H2,14,15,17). The molecule has 2 rings (SSSR count). The van der Waals surface area contributed by atoms with Gasteiger partial charge in [0.1, 0.15) is 0 Å². The highest BCUT2D eigenvalue weighted by molar-refractivity contribution is 5.74. The molecule has 1 aliphatic heterocycles. The Balaban J connectivity index is 1.62. The number of ether oxygens (including phenoxy) is 1. The average molecular weight is 255 g/mol. The zero-order chi connectivity index (χ0) is 13.0. The van der Waals surface area contributed by atoms with Crippen LogP contribution >= 0.6 is 0 Å². The monoisotopic (exact) mass is 255 g/mol. The van der Waals surface area contributed by atoms with Crippen molar-refractivity contribution in [2.45, 2.75) is 50.7 Å². The molecule has 0 bridgehead atoms. The molecule has 104 valence electrons. The molecule has 1 saturated heterocycles. The highest BCUT2D eigenvalue weighted by atomic mass is 16.5. The largest absolute Gasteiger partial charge is 0.385 e. The van der Waals surface area contributed by atoms with Crippen LogP contribution in [0.2, 0.25) is 0 Å². The normalized spacial score (nSPS) is 28.3. The average Bonchev–Trinajstić information content (AvgIpc) is 3.10. The fourth-order valence-corrected chi connectivity index (χ4v) is 2.73. The number of carbonyl (C=O) groups excluding carboxylic acids is 1. The molecule has 2 amide bonds. The number of nitrogens with zero attached hydrogens (tertiary/aromatic N) is 1. The van der Waals surface area contributed by atoms with Crippen LogP contribution in [0.3, 0.4) is 0 Å². The van der Waals surface area contributed by atoms with Crippen LogP contribution in [0.1, 0.15) is 32.6 Å². The van der Waals surface area contributed by atoms with Gasteiger partial charge in [-0.25, -0.2) is 4.79 Å². The van der Waals surface area contributed by atoms with Crippen molar-refractivity contribution in [3.05, 3.63) is 0 Å². The van der Waals surface area contributed by atoms with Gasteiger partial charge < -0.3 is 15.4 Å². The van der Waals surface area contributed by atoms with E-state index < -0.39 is 0 Å². The van der Waals surface area contributed by atoms with Crippen LogP contribution in [-0.2, 0) is 4.74 Å². The highest BCUT2D eigenvalue weighted by Crippen LogP contribution is 2.33. The van der Waals surface area contributed by atoms with Crippen molar-refractivity contribution >= 4 is 6.03 Å². The number of hydrogen-bond acceptors (Lipinski definition) is 3. The molecule has 1 heterocycles. The summed E-state index contributed by atoms with van der Waals surface area (Å²) in [7, 11) is 1.67. The maximum absolute atomic E-state index is 11.7. The van der Waals surface area contributed by atoms with Gasteiger partial charge in [-0.3, -0.25) is 4.90 Å². The third-order valence-electron chi connectivity index (χ3n) is 3.78. The minimum Gasteiger partial charge on any atom is -0.385 e. The quantitative estimate of drug-likeness (QED) is 0.695. The second-order valence-electron chi connectivity index (χ2n) is 5.46. The first-order chi connectivity index (χ1) is 8.70. The molecule has 0 aromatic carbocycles. The second kappa shape index (κ2) is 6.38. The Bertz CT molecular complexity index is 281. The number of rotatable bonds is 6. The summed E-state index contributed by atoms with van der Waals surface area (Å²) in [6.45, 7) is 4.64. The molecule has 1 aliphatic carbocycles. The van der Waals surface area contributed by atoms with E-state index in [0.29, 0.717) is 25.2 Å². The number of urea groups is 1. The van der Waals surface area contributed by atoms with E-state index >= 15 is 0 Å². The van der Waals surface area contributed by atoms with Gasteiger partial charge >= 0.3 is 6.03 Å². The third kappa shape index (κ3) is 3.85. The number of amides is 2. The topological polar surface area (TPSA) is 53.6 Å². The van der Waals surface area contributed by atoms with Gasteiger partial charge in [0.05, 0.1) is 0 Å². The molecule has 5 heteroatoms. The van der Waals surface area contributed by atoms with Crippen molar-refractivity contribution in [2.24, 2.45) is 0 Å². The first-order valence-corrected chi connectivity index (χ1v) is 6.99. The van der Waals surface area contributed by atoms with E-state index in [2.05, 4.69) is 22.5 Å². The third-order valence-corrected chi connectivity index (χ3v) is 3.78. The Hall–Kier alpha value is -0.810. The summed E-state index contributed by atoms with van der Waals surface area (Å²) in [4.78, 5) is 14.2. The molecular formula is C13H25N3O2. The molecule has 0 radical (unpaired) electrons. The van der Waals surface area contributed by atoms with Gasteiger partial charge in [0, 0.05) is 44.9 Å². The Morgan fingerprint density at radius 1 is 1.44 bits per heavy atom. The SMILES string of the molecule is COCCCNC(=O)NC1CC(C)N(C2CC2)C1. The predicted molar refractivity (Wildman–Crippen MR) is 70.6 cm³/mol. The maximum Gasteiger partial charge on any atom is 0.315 e. The number of nitrogens with one attached hydrogen (secondary N) is 2. The molecular weight excluding hydrogens is 230 g/mol. The summed E-state index contributed by atoms with van der Waals surface area (Å²) in [5.41, 5.74) is 0. The van der Waals surface area contributed by atoms with Crippen molar-refractivity contribution in [3.8, 4) is 0 Å². The van der Waals surface area contributed by atoms with Crippen molar-refractivity contribution in [2.75, 3.05) is 26.8 Å². The molecule has 5 nitrogen and oxygen atoms in total. The van der Waals surface area contributed by atoms with Gasteiger partial charge in [0.2, 0.25) is 0 Å². The van der Waals surface area contributed by atoms with E-state index in [4.69, 9.17) is 4.74 Å². The Morgan fingerprint density at radius 3 is 2.89 bits per heavy atom. The first kappa shape index (κ1) is 13.6. The molecule has 2 unspecified atom stereocenters. The lowest BCUT2D eigenvalue weighted by atomic mass is 10.2. The van der Waals surface area contributed by atoms with Crippen molar-refractivity contribution < 1.29 is 9.53 Å². The predicted octanol–water partition coefficient (Wildman–Crippen LogP) is 0.947. The van der Waals surface area contributed by atoms with Gasteiger partial charge in [-0.15, -0.1) is 0 Å². The molecule has 0 aromatic heterocycles. The number of hydrogen-bond donors (Lipinski definition) is 2. The lowest BCUT2D eigenvalue weighted by Crippen LogP contribution is -2.43. The second-order valence-corrected chi connectivity index (χ2v) is 5.46. The Morgan fingerprint density at radius 2 is 2.22 bits per heavy atom. The summed E-state index contributed by atoms with van der Waals surface area (Å²) < 4.78 is 4.94. The van der Waals surface area contributed by atoms with Crippen LogP contribution in [0.25, 0.3) is 0 Å². The fraction of sp³-hybridized carbons (Fsp3) is 0.923. The van der Waals surface area contributed by atoms with Crippen LogP contribution in [0.15, 0.2) is 0 Å². The van der Waals surface area contributed by atoms with E-state index in [-0.39, 0.29) is 6.03 Å². The lowest BCUT2D eigenvalue weighted by Gasteiger charge is -2.19. The van der Waals surface area contributed by atoms with Crippen LogP contribution in [0, 0.1) is 0 Å². The minimum absolute atomic E-state index is 0.0408. The number of carbonyl (C=O) groups is 1. The molecule has 0 aromatic rings. The van der Waals surface area contributed by atoms with Gasteiger partial charge in [-0.1, -0.05) is 0 Å². The molecule has 0 spiro atoms. The molecule has 18 heavy (non-hydrogen) atoms. The molecule has 2 N–H and O–H groups in total. The van der Waals surface area contributed by atoms with Crippen molar-refractivity contribution in [1.29, 1.82) is 0 Å². The molecule has 1 saturated carbocycles. The summed E-state index contributed by atoms with van der Waals surface area (Å²) in [5, 5.41) is 5.94. The lowest BCUT2D eigenvalue weighted by molar-refractivity contribution is 0.193. The van der Waals surface area contributed by atoms with E-state index in [0.717, 1.165) is 25.4 Å². The summed E-state index contributed by atoms with van der Waals surface area (Å²) >= 11 is 0. The van der Waals surface area contributed by atoms with E-state index in [1.54, 1.807) is 7.11 Å². The smallest absolute Gasteiger partial charge is 0.315 e. The van der Waals surface area contributed by atoms with Gasteiger partial charge in [-0.2, -0.15) is 0 Å². The summed E-state index contributed by atoms with van der Waals surface area (Å²) in [6.07, 6.45) is 4.60. The van der Waals surface area contributed by atoms with Crippen molar-refractivity contribution in [1.82, 2.24) is 15.5 Å². The summed E-state index contributed by atoms with van der Waals surface area (Å²) in [6, 6.07) is 1.66. The zero-order valence-corrected chi connectivity index (χ0v) is 11.4. The number of likely N-dealkylation sites (tertiary alicyclic amines) is 1. The summed E-state index contributed by atoms with van der Waals surface area (Å²) in [5.74, 6) is 0. The zero-order valence-electron chi connectivity index (χ0n) is 11.4. The van der Waals surface area contributed by atoms with E-state index in [1.165, 1.54) is 12.8 Å². The first-order valence-electron chi connectivity index (χ1n) is 6.99. The van der Waals surface area contributed by atoms with Gasteiger partial charge in [0.15, 0.2) is 0 Å². The molecule has 2 fully saturated rings. The van der Waals surface area contributed by atoms with Crippen LogP contribution in [0.4, 0.5) is 4.79 Å². The van der Waals surface area contributed by atoms with Crippen LogP contribution < -0.4 is 10.6 Å². The Labute approximate surface area is 109 Å². The minimum atomic E-state index is -0.0408.